The van der Waals surface area contributed by atoms with Crippen molar-refractivity contribution in [2.24, 2.45) is 0 Å². The number of carbonyl (C=O) groups excluding carboxylic acids is 1. The molecule has 0 saturated heterocycles. The molecule has 3 rings (SSSR count). The normalized spacial score (nSPS) is 17.1. The molecule has 21 heavy (non-hydrogen) atoms. The van der Waals surface area contributed by atoms with Crippen molar-refractivity contribution >= 4 is 11.9 Å². The van der Waals surface area contributed by atoms with Crippen molar-refractivity contribution in [2.75, 3.05) is 11.9 Å². The molecule has 1 N–H and O–H groups in total. The van der Waals surface area contributed by atoms with Crippen molar-refractivity contribution in [2.45, 2.75) is 19.9 Å². The quantitative estimate of drug-likeness (QED) is 0.861. The van der Waals surface area contributed by atoms with E-state index >= 15 is 0 Å². The Kier molecular flexibility index (Phi) is 3.39. The fraction of sp³-hybridized carbons (Fsp3) is 0.286. The lowest BCUT2D eigenvalue weighted by Gasteiger charge is -2.27. The van der Waals surface area contributed by atoms with Crippen LogP contribution in [0.15, 0.2) is 41.6 Å². The first-order valence-electron chi connectivity index (χ1n) is 6.70. The van der Waals surface area contributed by atoms with Crippen LogP contribution in [0.3, 0.4) is 0 Å². The molecule has 2 aromatic rings. The van der Waals surface area contributed by atoms with Crippen molar-refractivity contribution in [3.63, 3.8) is 0 Å². The number of carbonyl (C=O) groups is 1. The molecule has 1 aliphatic rings. The number of fused-ring (bicyclic) bond motifs is 1. The molecule has 0 radical (unpaired) electrons. The molecule has 108 valence electrons. The first-order valence-corrected chi connectivity index (χ1v) is 6.70. The van der Waals surface area contributed by atoms with Gasteiger partial charge in [-0.2, -0.15) is 4.68 Å². The Morgan fingerprint density at radius 1 is 1.38 bits per heavy atom. The molecule has 7 heteroatoms. The summed E-state index contributed by atoms with van der Waals surface area (Å²) in [6, 6.07) is 9.24. The number of rotatable bonds is 3. The fourth-order valence-electron chi connectivity index (χ4n) is 2.43. The van der Waals surface area contributed by atoms with Gasteiger partial charge >= 0.3 is 5.97 Å². The van der Waals surface area contributed by atoms with Crippen LogP contribution in [-0.4, -0.2) is 32.8 Å². The molecular formula is C14H15N5O2. The van der Waals surface area contributed by atoms with Crippen molar-refractivity contribution in [1.29, 1.82) is 0 Å². The number of nitrogens with one attached hydrogen (secondary N) is 1. The second kappa shape index (κ2) is 5.35. The van der Waals surface area contributed by atoms with Gasteiger partial charge in [-0.3, -0.25) is 0 Å². The molecule has 1 unspecified atom stereocenters. The van der Waals surface area contributed by atoms with E-state index in [0.717, 1.165) is 5.56 Å². The van der Waals surface area contributed by atoms with Crippen LogP contribution >= 0.6 is 0 Å². The predicted molar refractivity (Wildman–Crippen MR) is 75.4 cm³/mol. The van der Waals surface area contributed by atoms with Crippen LogP contribution in [-0.2, 0) is 9.53 Å². The minimum Gasteiger partial charge on any atom is -0.463 e. The van der Waals surface area contributed by atoms with E-state index in [1.165, 1.54) is 0 Å². The van der Waals surface area contributed by atoms with E-state index < -0.39 is 6.04 Å². The number of hydrogen-bond acceptors (Lipinski definition) is 6. The number of ether oxygens (including phenoxy) is 1. The summed E-state index contributed by atoms with van der Waals surface area (Å²) in [5.74, 6) is 0.145. The maximum Gasteiger partial charge on any atom is 0.338 e. The molecule has 2 heterocycles. The van der Waals surface area contributed by atoms with E-state index in [1.807, 2.05) is 37.3 Å². The van der Waals surface area contributed by atoms with E-state index in [1.54, 1.807) is 11.6 Å². The van der Waals surface area contributed by atoms with Crippen LogP contribution in [0.1, 0.15) is 25.5 Å². The Morgan fingerprint density at radius 2 is 2.14 bits per heavy atom. The van der Waals surface area contributed by atoms with Gasteiger partial charge in [0.05, 0.1) is 12.2 Å². The molecule has 0 bridgehead atoms. The summed E-state index contributed by atoms with van der Waals surface area (Å²) in [6.07, 6.45) is 0. The molecule has 0 fully saturated rings. The van der Waals surface area contributed by atoms with Crippen LogP contribution in [0.2, 0.25) is 0 Å². The second-order valence-electron chi connectivity index (χ2n) is 4.64. The predicted octanol–water partition coefficient (Wildman–Crippen LogP) is 1.53. The van der Waals surface area contributed by atoms with Crippen molar-refractivity contribution in [1.82, 2.24) is 20.2 Å². The van der Waals surface area contributed by atoms with Gasteiger partial charge in [-0.15, -0.1) is 0 Å². The number of aromatic nitrogens is 4. The number of nitrogens with zero attached hydrogens (tertiary/aromatic N) is 4. The highest BCUT2D eigenvalue weighted by Gasteiger charge is 2.34. The molecule has 1 aromatic carbocycles. The molecule has 1 aliphatic heterocycles. The van der Waals surface area contributed by atoms with Crippen molar-refractivity contribution < 1.29 is 9.53 Å². The Labute approximate surface area is 121 Å². The first kappa shape index (κ1) is 13.3. The highest BCUT2D eigenvalue weighted by Crippen LogP contribution is 2.34. The number of benzene rings is 1. The monoisotopic (exact) mass is 285 g/mol. The van der Waals surface area contributed by atoms with Crippen molar-refractivity contribution in [3.05, 3.63) is 47.2 Å². The van der Waals surface area contributed by atoms with Gasteiger partial charge in [0.25, 0.3) is 0 Å². The topological polar surface area (TPSA) is 81.9 Å². The zero-order chi connectivity index (χ0) is 14.8. The largest absolute Gasteiger partial charge is 0.463 e. The molecule has 0 spiro atoms. The maximum absolute atomic E-state index is 12.3. The smallest absolute Gasteiger partial charge is 0.338 e. The van der Waals surface area contributed by atoms with Gasteiger partial charge in [0, 0.05) is 5.70 Å². The van der Waals surface area contributed by atoms with Gasteiger partial charge < -0.3 is 10.1 Å². The molecule has 1 atom stereocenters. The minimum atomic E-state index is -0.392. The third kappa shape index (κ3) is 2.26. The lowest BCUT2D eigenvalue weighted by Crippen LogP contribution is -2.29. The highest BCUT2D eigenvalue weighted by molar-refractivity contribution is 5.92. The van der Waals surface area contributed by atoms with Crippen LogP contribution in [0.25, 0.3) is 0 Å². The summed E-state index contributed by atoms with van der Waals surface area (Å²) in [7, 11) is 0. The van der Waals surface area contributed by atoms with Gasteiger partial charge in [0.2, 0.25) is 5.95 Å². The van der Waals surface area contributed by atoms with Crippen molar-refractivity contribution in [3.8, 4) is 0 Å². The van der Waals surface area contributed by atoms with E-state index in [-0.39, 0.29) is 5.97 Å². The minimum absolute atomic E-state index is 0.319. The molecule has 1 aromatic heterocycles. The van der Waals surface area contributed by atoms with Gasteiger partial charge in [0.1, 0.15) is 6.04 Å². The SMILES string of the molecule is CCOC(=O)C1=C(C)Nc2nnnn2C1c1ccccc1. The van der Waals surface area contributed by atoms with Crippen LogP contribution in [0.4, 0.5) is 5.95 Å². The standard InChI is InChI=1S/C14H15N5O2/c1-3-21-13(20)11-9(2)15-14-16-17-18-19(14)12(11)10-7-5-4-6-8-10/h4-8,12H,3H2,1-2H3,(H,15,16,18). The summed E-state index contributed by atoms with van der Waals surface area (Å²) in [5.41, 5.74) is 2.14. The number of anilines is 1. The summed E-state index contributed by atoms with van der Waals surface area (Å²) >= 11 is 0. The Balaban J connectivity index is 2.13. The average Bonchev–Trinajstić information content (AvgIpc) is 2.94. The van der Waals surface area contributed by atoms with E-state index in [4.69, 9.17) is 4.74 Å². The third-order valence-corrected chi connectivity index (χ3v) is 3.32. The van der Waals surface area contributed by atoms with Crippen LogP contribution in [0.5, 0.6) is 0 Å². The highest BCUT2D eigenvalue weighted by atomic mass is 16.5. The number of esters is 1. The maximum atomic E-state index is 12.3. The first-order chi connectivity index (χ1) is 10.2. The Bertz CT molecular complexity index is 692. The van der Waals surface area contributed by atoms with Gasteiger partial charge in [-0.25, -0.2) is 4.79 Å². The van der Waals surface area contributed by atoms with Gasteiger partial charge in [-0.1, -0.05) is 35.4 Å². The molecule has 0 saturated carbocycles. The Morgan fingerprint density at radius 3 is 2.86 bits per heavy atom. The zero-order valence-corrected chi connectivity index (χ0v) is 11.8. The molecule has 0 aliphatic carbocycles. The summed E-state index contributed by atoms with van der Waals surface area (Å²) in [4.78, 5) is 12.3. The lowest BCUT2D eigenvalue weighted by molar-refractivity contribution is -0.139. The average molecular weight is 285 g/mol. The fourth-order valence-corrected chi connectivity index (χ4v) is 2.43. The molecule has 0 amide bonds. The summed E-state index contributed by atoms with van der Waals surface area (Å²) in [5, 5.41) is 14.6. The van der Waals surface area contributed by atoms with Gasteiger partial charge in [0.15, 0.2) is 0 Å². The number of hydrogen-bond donors (Lipinski definition) is 1. The second-order valence-corrected chi connectivity index (χ2v) is 4.64. The number of tetrazole rings is 1. The zero-order valence-electron chi connectivity index (χ0n) is 11.8. The summed E-state index contributed by atoms with van der Waals surface area (Å²) < 4.78 is 6.77. The number of allylic oxidation sites excluding steroid dienone is 1. The van der Waals surface area contributed by atoms with Crippen LogP contribution in [0, 0.1) is 0 Å². The van der Waals surface area contributed by atoms with Gasteiger partial charge in [-0.05, 0) is 29.8 Å². The lowest BCUT2D eigenvalue weighted by atomic mass is 9.96. The van der Waals surface area contributed by atoms with E-state index in [9.17, 15) is 4.79 Å². The van der Waals surface area contributed by atoms with E-state index in [2.05, 4.69) is 20.8 Å². The van der Waals surface area contributed by atoms with E-state index in [0.29, 0.717) is 23.8 Å². The summed E-state index contributed by atoms with van der Waals surface area (Å²) in [6.45, 7) is 3.92. The molecule has 7 nitrogen and oxygen atoms in total. The Hall–Kier alpha value is -2.70. The molecular weight excluding hydrogens is 270 g/mol. The van der Waals surface area contributed by atoms with Crippen LogP contribution < -0.4 is 5.32 Å². The third-order valence-electron chi connectivity index (χ3n) is 3.32.